The summed E-state index contributed by atoms with van der Waals surface area (Å²) in [5.74, 6) is -1.08. The van der Waals surface area contributed by atoms with Crippen molar-refractivity contribution >= 4 is 21.9 Å². The molecule has 0 saturated carbocycles. The van der Waals surface area contributed by atoms with Gasteiger partial charge in [-0.3, -0.25) is 4.79 Å². The molecule has 0 amide bonds. The lowest BCUT2D eigenvalue weighted by molar-refractivity contribution is -0.139. The summed E-state index contributed by atoms with van der Waals surface area (Å²) in [6.45, 7) is 4.19. The van der Waals surface area contributed by atoms with Crippen molar-refractivity contribution in [2.24, 2.45) is 0 Å². The molecule has 0 fully saturated rings. The lowest BCUT2D eigenvalue weighted by Crippen LogP contribution is -2.15. The summed E-state index contributed by atoms with van der Waals surface area (Å²) in [6.07, 6.45) is 0.681. The summed E-state index contributed by atoms with van der Waals surface area (Å²) in [6, 6.07) is 5.80. The minimum absolute atomic E-state index is 0.0571. The van der Waals surface area contributed by atoms with E-state index in [0.29, 0.717) is 6.42 Å². The van der Waals surface area contributed by atoms with E-state index in [1.54, 1.807) is 0 Å². The van der Waals surface area contributed by atoms with Crippen LogP contribution in [-0.2, 0) is 10.2 Å². The fourth-order valence-corrected chi connectivity index (χ4v) is 3.41. The van der Waals surface area contributed by atoms with Crippen LogP contribution in [-0.4, -0.2) is 11.1 Å². The van der Waals surface area contributed by atoms with E-state index in [0.717, 1.165) is 15.6 Å². The average Bonchev–Trinajstić information content (AvgIpc) is 2.39. The second-order valence-electron chi connectivity index (χ2n) is 4.68. The summed E-state index contributed by atoms with van der Waals surface area (Å²) >= 11 is 3.51. The van der Waals surface area contributed by atoms with Crippen molar-refractivity contribution in [3.8, 4) is 0 Å². The molecule has 1 N–H and O–H groups in total. The number of carbonyl (C=O) groups is 1. The Morgan fingerprint density at radius 1 is 1.53 bits per heavy atom. The number of carboxylic acids is 1. The summed E-state index contributed by atoms with van der Waals surface area (Å²) in [4.78, 5) is 11.1. The van der Waals surface area contributed by atoms with Crippen molar-refractivity contribution in [1.29, 1.82) is 0 Å². The first kappa shape index (κ1) is 10.7. The second-order valence-corrected chi connectivity index (χ2v) is 5.54. The Kier molecular flexibility index (Phi) is 2.38. The van der Waals surface area contributed by atoms with Gasteiger partial charge in [-0.25, -0.2) is 0 Å². The molecule has 2 nitrogen and oxygen atoms in total. The highest BCUT2D eigenvalue weighted by atomic mass is 79.9. The molecular formula is C12H13BrO2. The molecule has 3 heteroatoms. The van der Waals surface area contributed by atoms with Crippen molar-refractivity contribution < 1.29 is 9.90 Å². The SMILES string of the molecule is CC1(C)CC(C(=O)O)c2cccc(Br)c21. The predicted molar refractivity (Wildman–Crippen MR) is 62.2 cm³/mol. The first-order valence-electron chi connectivity index (χ1n) is 4.95. The number of fused-ring (bicyclic) bond motifs is 1. The third-order valence-corrected chi connectivity index (χ3v) is 3.77. The zero-order valence-corrected chi connectivity index (χ0v) is 10.3. The Morgan fingerprint density at radius 2 is 2.20 bits per heavy atom. The normalized spacial score (nSPS) is 22.5. The fraction of sp³-hybridized carbons (Fsp3) is 0.417. The van der Waals surface area contributed by atoms with Gasteiger partial charge >= 0.3 is 5.97 Å². The predicted octanol–water partition coefficient (Wildman–Crippen LogP) is 3.30. The molecule has 1 aromatic rings. The van der Waals surface area contributed by atoms with Crippen molar-refractivity contribution in [3.05, 3.63) is 33.8 Å². The van der Waals surface area contributed by atoms with Crippen molar-refractivity contribution in [3.63, 3.8) is 0 Å². The van der Waals surface area contributed by atoms with Crippen LogP contribution in [0.4, 0.5) is 0 Å². The number of aliphatic carboxylic acids is 1. The van der Waals surface area contributed by atoms with Gasteiger partial charge in [-0.15, -0.1) is 0 Å². The molecule has 80 valence electrons. The molecule has 2 rings (SSSR count). The Bertz CT molecular complexity index is 424. The molecule has 1 unspecified atom stereocenters. The highest BCUT2D eigenvalue weighted by Crippen LogP contribution is 2.48. The van der Waals surface area contributed by atoms with Crippen molar-refractivity contribution in [2.45, 2.75) is 31.6 Å². The lowest BCUT2D eigenvalue weighted by atomic mass is 9.86. The first-order valence-corrected chi connectivity index (χ1v) is 5.74. The van der Waals surface area contributed by atoms with E-state index < -0.39 is 5.97 Å². The summed E-state index contributed by atoms with van der Waals surface area (Å²) < 4.78 is 1.02. The van der Waals surface area contributed by atoms with Gasteiger partial charge in [-0.05, 0) is 29.0 Å². The Morgan fingerprint density at radius 3 is 2.80 bits per heavy atom. The standard InChI is InChI=1S/C12H13BrO2/c1-12(2)6-8(11(14)15)7-4-3-5-9(13)10(7)12/h3-5,8H,6H2,1-2H3,(H,14,15). The highest BCUT2D eigenvalue weighted by Gasteiger charge is 2.41. The van der Waals surface area contributed by atoms with E-state index in [1.165, 1.54) is 0 Å². The van der Waals surface area contributed by atoms with E-state index in [2.05, 4.69) is 29.8 Å². The van der Waals surface area contributed by atoms with Crippen LogP contribution in [0, 0.1) is 0 Å². The summed E-state index contributed by atoms with van der Waals surface area (Å²) in [7, 11) is 0. The van der Waals surface area contributed by atoms with E-state index >= 15 is 0 Å². The van der Waals surface area contributed by atoms with E-state index in [4.69, 9.17) is 5.11 Å². The minimum Gasteiger partial charge on any atom is -0.481 e. The fourth-order valence-electron chi connectivity index (χ4n) is 2.49. The van der Waals surface area contributed by atoms with Crippen LogP contribution in [0.15, 0.2) is 22.7 Å². The molecule has 0 saturated heterocycles. The molecule has 0 aromatic heterocycles. The molecule has 1 atom stereocenters. The first-order chi connectivity index (χ1) is 6.93. The quantitative estimate of drug-likeness (QED) is 0.849. The van der Waals surface area contributed by atoms with Crippen LogP contribution in [0.5, 0.6) is 0 Å². The second kappa shape index (κ2) is 3.34. The highest BCUT2D eigenvalue weighted by molar-refractivity contribution is 9.10. The van der Waals surface area contributed by atoms with Crippen molar-refractivity contribution in [2.75, 3.05) is 0 Å². The van der Waals surface area contributed by atoms with Gasteiger partial charge in [-0.1, -0.05) is 41.9 Å². The van der Waals surface area contributed by atoms with Gasteiger partial charge in [0.05, 0.1) is 5.92 Å². The lowest BCUT2D eigenvalue weighted by Gasteiger charge is -2.20. The summed E-state index contributed by atoms with van der Waals surface area (Å²) in [5.41, 5.74) is 2.05. The molecule has 0 heterocycles. The number of rotatable bonds is 1. The van der Waals surface area contributed by atoms with Gasteiger partial charge in [0.2, 0.25) is 0 Å². The molecule has 0 spiro atoms. The number of hydrogen-bond acceptors (Lipinski definition) is 1. The largest absolute Gasteiger partial charge is 0.481 e. The van der Waals surface area contributed by atoms with Gasteiger partial charge in [0, 0.05) is 4.47 Å². The van der Waals surface area contributed by atoms with Gasteiger partial charge in [0.25, 0.3) is 0 Å². The van der Waals surface area contributed by atoms with Crippen LogP contribution in [0.1, 0.15) is 37.3 Å². The molecule has 1 aliphatic rings. The Hall–Kier alpha value is -0.830. The smallest absolute Gasteiger partial charge is 0.311 e. The maximum Gasteiger partial charge on any atom is 0.311 e. The van der Waals surface area contributed by atoms with Crippen LogP contribution >= 0.6 is 15.9 Å². The number of benzene rings is 1. The van der Waals surface area contributed by atoms with Crippen LogP contribution in [0.3, 0.4) is 0 Å². The monoisotopic (exact) mass is 268 g/mol. The Balaban J connectivity index is 2.63. The van der Waals surface area contributed by atoms with Gasteiger partial charge < -0.3 is 5.11 Å². The maximum atomic E-state index is 11.1. The molecule has 15 heavy (non-hydrogen) atoms. The van der Waals surface area contributed by atoms with Gasteiger partial charge in [0.15, 0.2) is 0 Å². The van der Waals surface area contributed by atoms with E-state index in [-0.39, 0.29) is 11.3 Å². The molecule has 0 bridgehead atoms. The van der Waals surface area contributed by atoms with E-state index in [9.17, 15) is 4.79 Å². The third-order valence-electron chi connectivity index (χ3n) is 3.11. The maximum absolute atomic E-state index is 11.1. The zero-order chi connectivity index (χ0) is 11.2. The van der Waals surface area contributed by atoms with Gasteiger partial charge in [-0.2, -0.15) is 0 Å². The average molecular weight is 269 g/mol. The minimum atomic E-state index is -0.722. The van der Waals surface area contributed by atoms with Crippen LogP contribution < -0.4 is 0 Å². The number of halogens is 1. The molecular weight excluding hydrogens is 256 g/mol. The molecule has 1 aromatic carbocycles. The van der Waals surface area contributed by atoms with Crippen LogP contribution in [0.25, 0.3) is 0 Å². The van der Waals surface area contributed by atoms with Crippen molar-refractivity contribution in [1.82, 2.24) is 0 Å². The van der Waals surface area contributed by atoms with Crippen LogP contribution in [0.2, 0.25) is 0 Å². The summed E-state index contributed by atoms with van der Waals surface area (Å²) in [5, 5.41) is 9.17. The van der Waals surface area contributed by atoms with E-state index in [1.807, 2.05) is 18.2 Å². The number of hydrogen-bond donors (Lipinski definition) is 1. The zero-order valence-electron chi connectivity index (χ0n) is 8.75. The Labute approximate surface area is 97.4 Å². The molecule has 0 aliphatic heterocycles. The van der Waals surface area contributed by atoms with Gasteiger partial charge in [0.1, 0.15) is 0 Å². The molecule has 1 aliphatic carbocycles. The third kappa shape index (κ3) is 1.59. The topological polar surface area (TPSA) is 37.3 Å². The molecule has 0 radical (unpaired) electrons. The number of carboxylic acid groups (broad SMARTS) is 1.